The molecule has 1 fully saturated rings. The summed E-state index contributed by atoms with van der Waals surface area (Å²) in [6.45, 7) is 0. The number of fused-ring (bicyclic) bond motifs is 1. The molecule has 0 spiro atoms. The third kappa shape index (κ3) is 1.54. The average molecular weight is 216 g/mol. The van der Waals surface area contributed by atoms with E-state index in [0.717, 1.165) is 11.0 Å². The second-order valence-corrected chi connectivity index (χ2v) is 4.56. The lowest BCUT2D eigenvalue weighted by Gasteiger charge is -2.22. The van der Waals surface area contributed by atoms with E-state index in [1.165, 1.54) is 32.1 Å². The van der Waals surface area contributed by atoms with E-state index in [1.807, 2.05) is 12.3 Å². The van der Waals surface area contributed by atoms with E-state index in [2.05, 4.69) is 14.8 Å². The van der Waals surface area contributed by atoms with Gasteiger partial charge in [-0.3, -0.25) is 0 Å². The van der Waals surface area contributed by atoms with Crippen LogP contribution < -0.4 is 5.73 Å². The van der Waals surface area contributed by atoms with Gasteiger partial charge in [0.15, 0.2) is 5.65 Å². The third-order valence-corrected chi connectivity index (χ3v) is 3.38. The Bertz CT molecular complexity index is 497. The Labute approximate surface area is 94.5 Å². The Morgan fingerprint density at radius 2 is 2.00 bits per heavy atom. The van der Waals surface area contributed by atoms with Crippen molar-refractivity contribution in [1.29, 1.82) is 0 Å². The van der Waals surface area contributed by atoms with Crippen molar-refractivity contribution in [3.63, 3.8) is 0 Å². The summed E-state index contributed by atoms with van der Waals surface area (Å²) in [5, 5.41) is 5.51. The molecule has 84 valence electrons. The van der Waals surface area contributed by atoms with E-state index in [9.17, 15) is 0 Å². The highest BCUT2D eigenvalue weighted by molar-refractivity contribution is 5.77. The van der Waals surface area contributed by atoms with Gasteiger partial charge in [-0.15, -0.1) is 0 Å². The van der Waals surface area contributed by atoms with Crippen LogP contribution in [0.4, 0.5) is 5.69 Å². The van der Waals surface area contributed by atoms with Gasteiger partial charge in [-0.1, -0.05) is 19.3 Å². The summed E-state index contributed by atoms with van der Waals surface area (Å²) >= 11 is 0. The first-order valence-corrected chi connectivity index (χ1v) is 5.93. The second-order valence-electron chi connectivity index (χ2n) is 4.56. The van der Waals surface area contributed by atoms with Crippen molar-refractivity contribution >= 4 is 16.7 Å². The van der Waals surface area contributed by atoms with Gasteiger partial charge in [-0.05, 0) is 18.9 Å². The van der Waals surface area contributed by atoms with Gasteiger partial charge in [-0.2, -0.15) is 5.10 Å². The first kappa shape index (κ1) is 9.63. The zero-order valence-electron chi connectivity index (χ0n) is 9.26. The Kier molecular flexibility index (Phi) is 2.27. The topological polar surface area (TPSA) is 56.7 Å². The van der Waals surface area contributed by atoms with Crippen molar-refractivity contribution in [3.8, 4) is 0 Å². The number of anilines is 1. The van der Waals surface area contributed by atoms with E-state index < -0.39 is 0 Å². The Balaban J connectivity index is 2.03. The molecule has 1 saturated carbocycles. The van der Waals surface area contributed by atoms with E-state index in [0.29, 0.717) is 11.7 Å². The number of nitrogens with two attached hydrogens (primary N) is 1. The monoisotopic (exact) mass is 216 g/mol. The number of nitrogens with zero attached hydrogens (tertiary/aromatic N) is 3. The van der Waals surface area contributed by atoms with Crippen LogP contribution in [-0.2, 0) is 0 Å². The molecular formula is C12H16N4. The molecule has 2 heterocycles. The number of pyridine rings is 1. The molecule has 4 heteroatoms. The van der Waals surface area contributed by atoms with Gasteiger partial charge in [0.05, 0.1) is 24.1 Å². The lowest BCUT2D eigenvalue weighted by Crippen LogP contribution is -2.14. The summed E-state index contributed by atoms with van der Waals surface area (Å²) in [5.41, 5.74) is 7.39. The van der Waals surface area contributed by atoms with E-state index in [4.69, 9.17) is 5.73 Å². The zero-order valence-corrected chi connectivity index (χ0v) is 9.26. The molecule has 0 saturated heterocycles. The summed E-state index contributed by atoms with van der Waals surface area (Å²) in [6, 6.07) is 2.47. The number of rotatable bonds is 1. The SMILES string of the molecule is Nc1cnc2c(cnn2C2CCCCC2)c1. The largest absolute Gasteiger partial charge is 0.397 e. The number of hydrogen-bond donors (Lipinski definition) is 1. The normalized spacial score (nSPS) is 18.0. The lowest BCUT2D eigenvalue weighted by molar-refractivity contribution is 0.336. The molecule has 2 aromatic heterocycles. The summed E-state index contributed by atoms with van der Waals surface area (Å²) in [5.74, 6) is 0. The fraction of sp³-hybridized carbons (Fsp3) is 0.500. The second kappa shape index (κ2) is 3.77. The van der Waals surface area contributed by atoms with Crippen LogP contribution in [-0.4, -0.2) is 14.8 Å². The van der Waals surface area contributed by atoms with Crippen molar-refractivity contribution in [2.24, 2.45) is 0 Å². The van der Waals surface area contributed by atoms with Gasteiger partial charge in [0.2, 0.25) is 0 Å². The van der Waals surface area contributed by atoms with Crippen LogP contribution in [0.15, 0.2) is 18.5 Å². The Hall–Kier alpha value is -1.58. The first-order valence-electron chi connectivity index (χ1n) is 5.93. The minimum absolute atomic E-state index is 0.530. The number of nitrogen functional groups attached to an aromatic ring is 1. The molecule has 1 aliphatic rings. The molecule has 0 aliphatic heterocycles. The van der Waals surface area contributed by atoms with E-state index >= 15 is 0 Å². The van der Waals surface area contributed by atoms with Crippen molar-refractivity contribution in [2.45, 2.75) is 38.1 Å². The molecule has 0 atom stereocenters. The number of aromatic nitrogens is 3. The van der Waals surface area contributed by atoms with Crippen LogP contribution in [0, 0.1) is 0 Å². The molecule has 4 nitrogen and oxygen atoms in total. The van der Waals surface area contributed by atoms with Crippen LogP contribution in [0.25, 0.3) is 11.0 Å². The molecule has 0 radical (unpaired) electrons. The lowest BCUT2D eigenvalue weighted by atomic mass is 9.96. The molecule has 1 aliphatic carbocycles. The molecule has 2 aromatic rings. The molecule has 2 N–H and O–H groups in total. The predicted octanol–water partition coefficient (Wildman–Crippen LogP) is 2.52. The van der Waals surface area contributed by atoms with E-state index in [1.54, 1.807) is 6.20 Å². The van der Waals surface area contributed by atoms with Crippen molar-refractivity contribution in [3.05, 3.63) is 18.5 Å². The average Bonchev–Trinajstić information content (AvgIpc) is 2.73. The van der Waals surface area contributed by atoms with Crippen molar-refractivity contribution in [2.75, 3.05) is 5.73 Å². The smallest absolute Gasteiger partial charge is 0.158 e. The maximum absolute atomic E-state index is 5.71. The van der Waals surface area contributed by atoms with E-state index in [-0.39, 0.29) is 0 Å². The van der Waals surface area contributed by atoms with Crippen LogP contribution in [0.2, 0.25) is 0 Å². The molecule has 0 aromatic carbocycles. The van der Waals surface area contributed by atoms with Crippen LogP contribution in [0.1, 0.15) is 38.1 Å². The van der Waals surface area contributed by atoms with Crippen molar-refractivity contribution < 1.29 is 0 Å². The highest BCUT2D eigenvalue weighted by atomic mass is 15.3. The van der Waals surface area contributed by atoms with Gasteiger partial charge < -0.3 is 5.73 Å². The maximum Gasteiger partial charge on any atom is 0.158 e. The van der Waals surface area contributed by atoms with Gasteiger partial charge in [0.25, 0.3) is 0 Å². The molecule has 16 heavy (non-hydrogen) atoms. The van der Waals surface area contributed by atoms with Gasteiger partial charge in [0.1, 0.15) is 0 Å². The quantitative estimate of drug-likeness (QED) is 0.796. The summed E-state index contributed by atoms with van der Waals surface area (Å²) in [7, 11) is 0. The zero-order chi connectivity index (χ0) is 11.0. The maximum atomic E-state index is 5.71. The molecular weight excluding hydrogens is 200 g/mol. The molecule has 0 unspecified atom stereocenters. The first-order chi connectivity index (χ1) is 7.84. The highest BCUT2D eigenvalue weighted by Crippen LogP contribution is 2.29. The van der Waals surface area contributed by atoms with Crippen molar-refractivity contribution in [1.82, 2.24) is 14.8 Å². The molecule has 0 bridgehead atoms. The van der Waals surface area contributed by atoms with Gasteiger partial charge >= 0.3 is 0 Å². The fourth-order valence-corrected chi connectivity index (χ4v) is 2.55. The minimum Gasteiger partial charge on any atom is -0.397 e. The molecule has 0 amide bonds. The number of hydrogen-bond acceptors (Lipinski definition) is 3. The third-order valence-electron chi connectivity index (χ3n) is 3.38. The van der Waals surface area contributed by atoms with Crippen LogP contribution in [0.3, 0.4) is 0 Å². The van der Waals surface area contributed by atoms with Crippen LogP contribution in [0.5, 0.6) is 0 Å². The molecule has 3 rings (SSSR count). The van der Waals surface area contributed by atoms with Gasteiger partial charge in [0, 0.05) is 5.39 Å². The standard InChI is InChI=1S/C12H16N4/c13-10-6-9-7-15-16(12(9)14-8-10)11-4-2-1-3-5-11/h6-8,11H,1-5,13H2. The van der Waals surface area contributed by atoms with Gasteiger partial charge in [-0.25, -0.2) is 9.67 Å². The summed E-state index contributed by atoms with van der Waals surface area (Å²) in [6.07, 6.45) is 10.0. The summed E-state index contributed by atoms with van der Waals surface area (Å²) < 4.78 is 2.08. The highest BCUT2D eigenvalue weighted by Gasteiger charge is 2.18. The Morgan fingerprint density at radius 3 is 2.81 bits per heavy atom. The summed E-state index contributed by atoms with van der Waals surface area (Å²) in [4.78, 5) is 4.39. The predicted molar refractivity (Wildman–Crippen MR) is 64.1 cm³/mol. The fourth-order valence-electron chi connectivity index (χ4n) is 2.55. The Morgan fingerprint density at radius 1 is 1.19 bits per heavy atom. The van der Waals surface area contributed by atoms with Crippen LogP contribution >= 0.6 is 0 Å². The minimum atomic E-state index is 0.530.